The van der Waals surface area contributed by atoms with Crippen molar-refractivity contribution in [2.75, 3.05) is 19.6 Å². The summed E-state index contributed by atoms with van der Waals surface area (Å²) in [5, 5.41) is 0. The van der Waals surface area contributed by atoms with Crippen LogP contribution in [-0.4, -0.2) is 22.2 Å². The summed E-state index contributed by atoms with van der Waals surface area (Å²) in [4.78, 5) is 10.0. The lowest BCUT2D eigenvalue weighted by Crippen LogP contribution is -2.40. The maximum absolute atomic E-state index is 9.18. The van der Waals surface area contributed by atoms with E-state index >= 15 is 0 Å². The summed E-state index contributed by atoms with van der Waals surface area (Å²) in [7, 11) is 0. The predicted molar refractivity (Wildman–Crippen MR) is 593 cm³/mol. The molecule has 0 saturated heterocycles. The van der Waals surface area contributed by atoms with E-state index in [1.807, 2.05) is 34.6 Å². The van der Waals surface area contributed by atoms with E-state index < -0.39 is 11.8 Å². The minimum absolute atomic E-state index is 0.0617. The van der Waals surface area contributed by atoms with Crippen molar-refractivity contribution in [3.63, 3.8) is 0 Å². The molecule has 137 heavy (non-hydrogen) atoms. The SMILES string of the molecule is Cc1ccc2c(c1N(c1cccc(-c3ccccc3)c1)C(C)(C)C)C(C)(C)c1ccccc1-2.[2H]C(C)(C)c1ccc2c(c1N(c1cccc(-c3ccccc3)c1)C(C)(C)C)C(C)(C)c1ccccc1-2.[2H]C(C)(C)c1ccc2c(c1N(c1cccc(-c3ccccc3)c1)C(C)(C)C)C(C)(C)c1ccccc1-2.[2H]C(C)c1ccc2c(c1N(c1cccc(-c3ccccc3)c1)C(C)(C)C)C(C)(C)c1ccccc1-2. The lowest BCUT2D eigenvalue weighted by atomic mass is 9.78. The van der Waals surface area contributed by atoms with E-state index in [4.69, 9.17) is 1.37 Å². The van der Waals surface area contributed by atoms with Gasteiger partial charge in [0.25, 0.3) is 0 Å². The Labute approximate surface area is 825 Å². The van der Waals surface area contributed by atoms with E-state index in [0.29, 0.717) is 0 Å². The molecule has 694 valence electrons. The Hall–Kier alpha value is -13.3. The fourth-order valence-electron chi connectivity index (χ4n) is 22.8. The standard InChI is InChI=1S/2C34H37N.C33H35N.C32H33N/c2*1-23(2)27-20-21-29-28-18-11-12-19-30(28)34(6,7)31(29)32(27)35(33(3,4)5)26-17-13-16-25(22-26)24-14-9-8-10-15-24;1-7-23-20-21-28-27-18-11-12-19-29(27)33(5,6)30(28)31(23)34(32(2,3)4)26-17-13-16-25(22-26)24-14-9-8-10-15-24;1-22-19-20-27-26-17-10-11-18-28(26)32(5,6)29(27)30(22)33(31(2,3)4)25-16-12-15-24(21-25)23-13-8-7-9-14-23/h2*8-23H,1-7H3;8-22H,7H2,1-6H3;7-21H,1-6H3/i2*23D;7D;. The molecule has 0 N–H and O–H groups in total. The summed E-state index contributed by atoms with van der Waals surface area (Å²) in [5.41, 5.74) is 43.9. The van der Waals surface area contributed by atoms with Crippen molar-refractivity contribution in [3.8, 4) is 89.0 Å². The van der Waals surface area contributed by atoms with E-state index in [1.165, 1.54) is 168 Å². The first-order chi connectivity index (χ1) is 66.1. The summed E-state index contributed by atoms with van der Waals surface area (Å²) >= 11 is 0. The van der Waals surface area contributed by atoms with Crippen molar-refractivity contribution in [2.45, 2.75) is 242 Å². The summed E-state index contributed by atoms with van der Waals surface area (Å²) in [6.07, 6.45) is -0.336. The van der Waals surface area contributed by atoms with Gasteiger partial charge < -0.3 is 19.6 Å². The molecule has 0 bridgehead atoms. The van der Waals surface area contributed by atoms with Crippen LogP contribution in [0.15, 0.2) is 364 Å². The Morgan fingerprint density at radius 3 is 0.723 bits per heavy atom. The summed E-state index contributed by atoms with van der Waals surface area (Å²) in [5.74, 6) is -1.51. The van der Waals surface area contributed by atoms with Gasteiger partial charge in [0, 0.05) is 93.4 Å². The molecule has 16 aromatic carbocycles. The van der Waals surface area contributed by atoms with Gasteiger partial charge in [0.05, 0.1) is 0 Å². The molecule has 0 saturated carbocycles. The Bertz CT molecular complexity index is 7050. The van der Waals surface area contributed by atoms with Crippen LogP contribution in [0.4, 0.5) is 45.5 Å². The van der Waals surface area contributed by atoms with Gasteiger partial charge in [0.1, 0.15) is 0 Å². The highest BCUT2D eigenvalue weighted by Gasteiger charge is 2.47. The number of hydrogen-bond donors (Lipinski definition) is 0. The first kappa shape index (κ1) is 91.5. The van der Waals surface area contributed by atoms with Gasteiger partial charge in [-0.25, -0.2) is 0 Å². The summed E-state index contributed by atoms with van der Waals surface area (Å²) in [6.45, 7) is 58.5. The Morgan fingerprint density at radius 1 is 0.241 bits per heavy atom. The highest BCUT2D eigenvalue weighted by molar-refractivity contribution is 5.96. The second kappa shape index (κ2) is 37.0. The van der Waals surface area contributed by atoms with Crippen molar-refractivity contribution in [1.29, 1.82) is 0 Å². The zero-order chi connectivity index (χ0) is 100. The second-order valence-corrected chi connectivity index (χ2v) is 44.5. The molecule has 16 aromatic rings. The minimum atomic E-state index is -0.754. The normalized spacial score (nSPS) is 14.7. The van der Waals surface area contributed by atoms with E-state index in [1.54, 1.807) is 0 Å². The molecule has 4 heteroatoms. The lowest BCUT2D eigenvalue weighted by molar-refractivity contribution is 0.549. The van der Waals surface area contributed by atoms with Crippen molar-refractivity contribution < 1.29 is 4.11 Å². The molecule has 0 radical (unpaired) electrons. The number of rotatable bonds is 15. The van der Waals surface area contributed by atoms with Crippen molar-refractivity contribution in [1.82, 2.24) is 0 Å². The lowest BCUT2D eigenvalue weighted by Gasteiger charge is -2.43. The molecule has 20 rings (SSSR count). The number of aryl methyl sites for hydroxylation is 2. The molecule has 0 heterocycles. The maximum Gasteiger partial charge on any atom is 0.0498 e. The van der Waals surface area contributed by atoms with Crippen LogP contribution in [-0.2, 0) is 28.1 Å². The topological polar surface area (TPSA) is 13.0 Å². The van der Waals surface area contributed by atoms with Crippen LogP contribution in [0.2, 0.25) is 0 Å². The number of nitrogens with zero attached hydrogens (tertiary/aromatic N) is 4. The highest BCUT2D eigenvalue weighted by Crippen LogP contribution is 2.62. The van der Waals surface area contributed by atoms with Gasteiger partial charge in [-0.15, -0.1) is 0 Å². The third kappa shape index (κ3) is 17.8. The molecular formula is C133H142N4. The Morgan fingerprint density at radius 2 is 0.460 bits per heavy atom. The van der Waals surface area contributed by atoms with Crippen LogP contribution >= 0.6 is 0 Å². The highest BCUT2D eigenvalue weighted by atomic mass is 15.2. The van der Waals surface area contributed by atoms with Crippen LogP contribution < -0.4 is 19.6 Å². The molecule has 0 aromatic heterocycles. The Kier molecular flexibility index (Phi) is 24.7. The fraction of sp³-hybridized carbons (Fsp3) is 0.278. The number of benzene rings is 16. The van der Waals surface area contributed by atoms with E-state index in [0.717, 1.165) is 33.8 Å². The van der Waals surface area contributed by atoms with E-state index in [-0.39, 0.29) is 50.2 Å². The van der Waals surface area contributed by atoms with Gasteiger partial charge in [-0.1, -0.05) is 405 Å². The molecular weight excluding hydrogens is 1650 g/mol. The molecule has 4 aliphatic rings. The smallest absolute Gasteiger partial charge is 0.0498 e. The van der Waals surface area contributed by atoms with Crippen molar-refractivity contribution >= 4 is 45.5 Å². The van der Waals surface area contributed by atoms with Crippen LogP contribution in [0.5, 0.6) is 0 Å². The predicted octanol–water partition coefficient (Wildman–Crippen LogP) is 37.5. The first-order valence-corrected chi connectivity index (χ1v) is 49.4. The molecule has 0 amide bonds. The van der Waals surface area contributed by atoms with Crippen LogP contribution in [0.25, 0.3) is 89.0 Å². The summed E-state index contributed by atoms with van der Waals surface area (Å²) < 4.78 is 27.2. The van der Waals surface area contributed by atoms with Crippen LogP contribution in [0.1, 0.15) is 256 Å². The molecule has 0 aliphatic heterocycles. The van der Waals surface area contributed by atoms with E-state index in [2.05, 4.69) is 529 Å². The average molecular weight is 1800 g/mol. The van der Waals surface area contributed by atoms with Crippen LogP contribution in [0.3, 0.4) is 0 Å². The van der Waals surface area contributed by atoms with Gasteiger partial charge in [-0.05, 0) is 313 Å². The number of anilines is 8. The Balaban J connectivity index is 0.000000129. The fourth-order valence-corrected chi connectivity index (χ4v) is 22.8. The quantitative estimate of drug-likeness (QED) is 0.101. The van der Waals surface area contributed by atoms with Gasteiger partial charge in [-0.2, -0.15) is 0 Å². The molecule has 1 atom stereocenters. The van der Waals surface area contributed by atoms with E-state index in [9.17, 15) is 2.74 Å². The largest absolute Gasteiger partial charge is 0.336 e. The third-order valence-corrected chi connectivity index (χ3v) is 28.8. The van der Waals surface area contributed by atoms with Gasteiger partial charge >= 0.3 is 0 Å². The monoisotopic (exact) mass is 1800 g/mol. The zero-order valence-corrected chi connectivity index (χ0v) is 86.0. The molecule has 4 nitrogen and oxygen atoms in total. The number of fused-ring (bicyclic) bond motifs is 12. The van der Waals surface area contributed by atoms with Gasteiger partial charge in [-0.3, -0.25) is 0 Å². The number of hydrogen-bond acceptors (Lipinski definition) is 4. The molecule has 4 aliphatic carbocycles. The van der Waals surface area contributed by atoms with Crippen molar-refractivity contribution in [3.05, 3.63) is 431 Å². The third-order valence-electron chi connectivity index (χ3n) is 28.8. The van der Waals surface area contributed by atoms with Crippen LogP contribution in [0, 0.1) is 6.92 Å². The minimum Gasteiger partial charge on any atom is -0.336 e. The zero-order valence-electron chi connectivity index (χ0n) is 89.0. The molecule has 1 unspecified atom stereocenters. The molecule has 0 fully saturated rings. The van der Waals surface area contributed by atoms with Gasteiger partial charge in [0.15, 0.2) is 0 Å². The first-order valence-electron chi connectivity index (χ1n) is 51.0. The maximum atomic E-state index is 9.18. The molecule has 0 spiro atoms. The second-order valence-electron chi connectivity index (χ2n) is 44.5. The summed E-state index contributed by atoms with van der Waals surface area (Å²) in [6, 6.07) is 131. The van der Waals surface area contributed by atoms with Crippen molar-refractivity contribution in [2.24, 2.45) is 0 Å². The average Bonchev–Trinajstić information content (AvgIpc) is 1.66. The van der Waals surface area contributed by atoms with Gasteiger partial charge in [0.2, 0.25) is 0 Å².